The van der Waals surface area contributed by atoms with Gasteiger partial charge in [-0.25, -0.2) is 9.97 Å². The van der Waals surface area contributed by atoms with Crippen molar-refractivity contribution >= 4 is 0 Å². The van der Waals surface area contributed by atoms with Crippen molar-refractivity contribution in [2.75, 3.05) is 6.54 Å². The van der Waals surface area contributed by atoms with Crippen LogP contribution >= 0.6 is 0 Å². The Morgan fingerprint density at radius 1 is 1.00 bits per heavy atom. The molecule has 108 valence electrons. The number of rotatable bonds is 6. The predicted octanol–water partition coefficient (Wildman–Crippen LogP) is 2.60. The molecule has 1 aromatic rings. The highest BCUT2D eigenvalue weighted by atomic mass is 19.4. The molecule has 0 aliphatic heterocycles. The highest BCUT2D eigenvalue weighted by molar-refractivity contribution is 5.27. The number of alkyl halides is 3. The van der Waals surface area contributed by atoms with Gasteiger partial charge in [-0.1, -0.05) is 13.8 Å². The Morgan fingerprint density at radius 2 is 1.53 bits per heavy atom. The van der Waals surface area contributed by atoms with E-state index in [1.165, 1.54) is 0 Å². The van der Waals surface area contributed by atoms with Gasteiger partial charge in [0.2, 0.25) is 0 Å². The molecule has 3 nitrogen and oxygen atoms in total. The van der Waals surface area contributed by atoms with Crippen LogP contribution in [0.25, 0.3) is 0 Å². The Balaban J connectivity index is 3.01. The van der Waals surface area contributed by atoms with Gasteiger partial charge in [-0.15, -0.1) is 0 Å². The van der Waals surface area contributed by atoms with Gasteiger partial charge < -0.3 is 5.73 Å². The van der Waals surface area contributed by atoms with E-state index in [0.29, 0.717) is 25.8 Å². The topological polar surface area (TPSA) is 51.8 Å². The lowest BCUT2D eigenvalue weighted by Gasteiger charge is -2.13. The standard InChI is InChI=1S/C13H20F3N3/c1-3-10-9(6-8-17)11(4-2)19-12(18-10)5-7-13(14,15)16/h3-8,17H2,1-2H3. The maximum Gasteiger partial charge on any atom is 0.389 e. The van der Waals surface area contributed by atoms with E-state index in [1.54, 1.807) is 0 Å². The highest BCUT2D eigenvalue weighted by Crippen LogP contribution is 2.22. The van der Waals surface area contributed by atoms with E-state index >= 15 is 0 Å². The normalized spacial score (nSPS) is 11.9. The van der Waals surface area contributed by atoms with Crippen LogP contribution in [0.4, 0.5) is 13.2 Å². The van der Waals surface area contributed by atoms with Crippen LogP contribution in [-0.4, -0.2) is 22.7 Å². The Kier molecular flexibility index (Phi) is 5.72. The molecule has 2 N–H and O–H groups in total. The van der Waals surface area contributed by atoms with Gasteiger partial charge in [0, 0.05) is 17.8 Å². The molecule has 0 saturated carbocycles. The fourth-order valence-corrected chi connectivity index (χ4v) is 2.02. The maximum atomic E-state index is 12.2. The van der Waals surface area contributed by atoms with E-state index in [1.807, 2.05) is 13.8 Å². The van der Waals surface area contributed by atoms with Gasteiger partial charge >= 0.3 is 6.18 Å². The Bertz CT molecular complexity index is 391. The van der Waals surface area contributed by atoms with Crippen LogP contribution in [0.5, 0.6) is 0 Å². The smallest absolute Gasteiger partial charge is 0.330 e. The second-order valence-corrected chi connectivity index (χ2v) is 4.37. The summed E-state index contributed by atoms with van der Waals surface area (Å²) >= 11 is 0. The van der Waals surface area contributed by atoms with Crippen LogP contribution in [0.15, 0.2) is 0 Å². The molecule has 0 fully saturated rings. The van der Waals surface area contributed by atoms with Gasteiger partial charge in [-0.3, -0.25) is 0 Å². The fourth-order valence-electron chi connectivity index (χ4n) is 2.02. The molecule has 0 amide bonds. The molecule has 1 rings (SSSR count). The molecule has 0 unspecified atom stereocenters. The first-order valence-electron chi connectivity index (χ1n) is 6.55. The van der Waals surface area contributed by atoms with E-state index in [9.17, 15) is 13.2 Å². The lowest BCUT2D eigenvalue weighted by atomic mass is 10.0. The summed E-state index contributed by atoms with van der Waals surface area (Å²) in [6.07, 6.45) is -3.17. The molecular formula is C13H20F3N3. The van der Waals surface area contributed by atoms with Crippen LogP contribution in [0.3, 0.4) is 0 Å². The van der Waals surface area contributed by atoms with Gasteiger partial charge in [0.05, 0.1) is 6.42 Å². The molecule has 0 spiro atoms. The molecule has 1 heterocycles. The molecule has 0 saturated heterocycles. The van der Waals surface area contributed by atoms with Crippen molar-refractivity contribution in [2.24, 2.45) is 5.73 Å². The van der Waals surface area contributed by atoms with Crippen LogP contribution in [0, 0.1) is 0 Å². The highest BCUT2D eigenvalue weighted by Gasteiger charge is 2.27. The Labute approximate surface area is 111 Å². The minimum Gasteiger partial charge on any atom is -0.330 e. The molecule has 0 aliphatic rings. The third-order valence-corrected chi connectivity index (χ3v) is 2.92. The Morgan fingerprint density at radius 3 is 1.89 bits per heavy atom. The van der Waals surface area contributed by atoms with E-state index in [0.717, 1.165) is 17.0 Å². The van der Waals surface area contributed by atoms with Crippen molar-refractivity contribution in [3.63, 3.8) is 0 Å². The number of aryl methyl sites for hydroxylation is 3. The van der Waals surface area contributed by atoms with Gasteiger partial charge in [0.1, 0.15) is 5.82 Å². The van der Waals surface area contributed by atoms with Gasteiger partial charge in [0.15, 0.2) is 0 Å². The average molecular weight is 275 g/mol. The summed E-state index contributed by atoms with van der Waals surface area (Å²) in [7, 11) is 0. The minimum absolute atomic E-state index is 0.160. The zero-order valence-corrected chi connectivity index (χ0v) is 11.3. The largest absolute Gasteiger partial charge is 0.389 e. The molecule has 19 heavy (non-hydrogen) atoms. The molecule has 0 bridgehead atoms. The van der Waals surface area contributed by atoms with Gasteiger partial charge in [-0.2, -0.15) is 13.2 Å². The lowest BCUT2D eigenvalue weighted by Crippen LogP contribution is -2.15. The monoisotopic (exact) mass is 275 g/mol. The quantitative estimate of drug-likeness (QED) is 0.868. The summed E-state index contributed by atoms with van der Waals surface area (Å²) < 4.78 is 36.7. The molecule has 0 aromatic carbocycles. The lowest BCUT2D eigenvalue weighted by molar-refractivity contribution is -0.134. The van der Waals surface area contributed by atoms with Crippen molar-refractivity contribution in [1.29, 1.82) is 0 Å². The summed E-state index contributed by atoms with van der Waals surface area (Å²) in [5.41, 5.74) is 8.22. The van der Waals surface area contributed by atoms with Crippen LogP contribution in [0.2, 0.25) is 0 Å². The minimum atomic E-state index is -4.17. The first-order chi connectivity index (χ1) is 8.91. The van der Waals surface area contributed by atoms with E-state index in [-0.39, 0.29) is 12.2 Å². The molecule has 0 aliphatic carbocycles. The van der Waals surface area contributed by atoms with Crippen LogP contribution < -0.4 is 5.73 Å². The summed E-state index contributed by atoms with van der Waals surface area (Å²) in [6.45, 7) is 4.37. The summed E-state index contributed by atoms with van der Waals surface area (Å²) in [6, 6.07) is 0. The zero-order valence-electron chi connectivity index (χ0n) is 11.3. The summed E-state index contributed by atoms with van der Waals surface area (Å²) in [4.78, 5) is 8.51. The maximum absolute atomic E-state index is 12.2. The van der Waals surface area contributed by atoms with E-state index < -0.39 is 12.6 Å². The fraction of sp³-hybridized carbons (Fsp3) is 0.692. The van der Waals surface area contributed by atoms with Crippen molar-refractivity contribution in [3.8, 4) is 0 Å². The van der Waals surface area contributed by atoms with Gasteiger partial charge in [-0.05, 0) is 31.4 Å². The van der Waals surface area contributed by atoms with Crippen LogP contribution in [-0.2, 0) is 25.7 Å². The average Bonchev–Trinajstić information content (AvgIpc) is 2.36. The summed E-state index contributed by atoms with van der Waals surface area (Å²) in [5, 5.41) is 0. The van der Waals surface area contributed by atoms with Crippen LogP contribution in [0.1, 0.15) is 43.0 Å². The predicted molar refractivity (Wildman–Crippen MR) is 67.9 cm³/mol. The number of hydrogen-bond donors (Lipinski definition) is 1. The van der Waals surface area contributed by atoms with Crippen molar-refractivity contribution in [1.82, 2.24) is 9.97 Å². The van der Waals surface area contributed by atoms with Gasteiger partial charge in [0.25, 0.3) is 0 Å². The third kappa shape index (κ3) is 4.78. The zero-order chi connectivity index (χ0) is 14.5. The summed E-state index contributed by atoms with van der Waals surface area (Å²) in [5.74, 6) is 0.284. The number of nitrogens with zero attached hydrogens (tertiary/aromatic N) is 2. The van der Waals surface area contributed by atoms with E-state index in [2.05, 4.69) is 9.97 Å². The number of aromatic nitrogens is 2. The van der Waals surface area contributed by atoms with Crippen molar-refractivity contribution in [3.05, 3.63) is 22.8 Å². The van der Waals surface area contributed by atoms with Crippen molar-refractivity contribution < 1.29 is 13.2 Å². The second-order valence-electron chi connectivity index (χ2n) is 4.37. The Hall–Kier alpha value is -1.17. The van der Waals surface area contributed by atoms with E-state index in [4.69, 9.17) is 5.73 Å². The first kappa shape index (κ1) is 15.9. The number of halogens is 3. The molecule has 6 heteroatoms. The number of hydrogen-bond acceptors (Lipinski definition) is 3. The number of nitrogens with two attached hydrogens (primary N) is 1. The third-order valence-electron chi connectivity index (χ3n) is 2.92. The molecule has 1 aromatic heterocycles. The molecular weight excluding hydrogens is 255 g/mol. The first-order valence-corrected chi connectivity index (χ1v) is 6.55. The SMILES string of the molecule is CCc1nc(CCC(F)(F)F)nc(CC)c1CCN. The van der Waals surface area contributed by atoms with Crippen molar-refractivity contribution in [2.45, 2.75) is 52.1 Å². The second kappa shape index (κ2) is 6.84. The molecule has 0 radical (unpaired) electrons. The molecule has 0 atom stereocenters.